The molecule has 0 rings (SSSR count). The molecule has 16 heavy (non-hydrogen) atoms. The third kappa shape index (κ3) is 12.0. The molecule has 1 nitrogen and oxygen atoms in total. The second-order valence-corrected chi connectivity index (χ2v) is 5.03. The topological polar surface area (TPSA) is 19.9 Å². The third-order valence-corrected chi connectivity index (χ3v) is 3.26. The lowest BCUT2D eigenvalue weighted by Gasteiger charge is -2.07. The van der Waals surface area contributed by atoms with Gasteiger partial charge < -0.3 is 0 Å². The molecule has 0 fully saturated rings. The van der Waals surface area contributed by atoms with Gasteiger partial charge in [0.05, 0.1) is 6.10 Å². The van der Waals surface area contributed by atoms with E-state index in [9.17, 15) is 5.11 Å². The summed E-state index contributed by atoms with van der Waals surface area (Å²) in [5, 5.41) is 11.6. The fourth-order valence-electron chi connectivity index (χ4n) is 2.10. The molecule has 0 aliphatic rings. The molecule has 0 aromatic rings. The van der Waals surface area contributed by atoms with Gasteiger partial charge in [-0.15, -0.1) is 0 Å². The van der Waals surface area contributed by atoms with Crippen molar-refractivity contribution in [2.45, 2.75) is 97.0 Å². The molecule has 0 N–H and O–H groups in total. The van der Waals surface area contributed by atoms with Crippen molar-refractivity contribution in [2.75, 3.05) is 0 Å². The quantitative estimate of drug-likeness (QED) is 0.392. The molecule has 0 aliphatic heterocycles. The fraction of sp³-hybridized carbons (Fsp3) is 1.00. The highest BCUT2D eigenvalue weighted by molar-refractivity contribution is 4.56. The van der Waals surface area contributed by atoms with E-state index in [1.54, 1.807) is 0 Å². The van der Waals surface area contributed by atoms with Crippen LogP contribution < -0.4 is 0 Å². The zero-order valence-corrected chi connectivity index (χ0v) is 11.5. The van der Waals surface area contributed by atoms with Crippen LogP contribution in [0, 0.1) is 0 Å². The maximum atomic E-state index is 11.6. The lowest BCUT2D eigenvalue weighted by Crippen LogP contribution is -2.04. The van der Waals surface area contributed by atoms with Crippen LogP contribution in [0.4, 0.5) is 0 Å². The molecule has 1 heteroatoms. The van der Waals surface area contributed by atoms with Gasteiger partial charge in [0.15, 0.2) is 0 Å². The number of unbranched alkanes of at least 4 members (excludes halogenated alkanes) is 8. The monoisotopic (exact) mass is 227 g/mol. The Morgan fingerprint density at radius 3 is 1.38 bits per heavy atom. The van der Waals surface area contributed by atoms with Crippen molar-refractivity contribution >= 4 is 0 Å². The molecule has 0 aromatic carbocycles. The summed E-state index contributed by atoms with van der Waals surface area (Å²) in [6.07, 6.45) is 14.3. The zero-order valence-electron chi connectivity index (χ0n) is 11.5. The molecule has 0 atom stereocenters. The highest BCUT2D eigenvalue weighted by atomic mass is 16.3. The summed E-state index contributed by atoms with van der Waals surface area (Å²) < 4.78 is 0. The van der Waals surface area contributed by atoms with Crippen molar-refractivity contribution < 1.29 is 5.11 Å². The third-order valence-electron chi connectivity index (χ3n) is 3.26. The lowest BCUT2D eigenvalue weighted by atomic mass is 10.0. The molecule has 0 bridgehead atoms. The van der Waals surface area contributed by atoms with Crippen LogP contribution in [0.3, 0.4) is 0 Å². The van der Waals surface area contributed by atoms with Crippen molar-refractivity contribution in [1.29, 1.82) is 0 Å². The van der Waals surface area contributed by atoms with E-state index in [-0.39, 0.29) is 6.10 Å². The minimum atomic E-state index is -0.275. The predicted octanol–water partition coefficient (Wildman–Crippen LogP) is 5.51. The predicted molar refractivity (Wildman–Crippen MR) is 71.2 cm³/mol. The van der Waals surface area contributed by atoms with Crippen LogP contribution in [0.1, 0.15) is 90.9 Å². The zero-order chi connectivity index (χ0) is 12.1. The van der Waals surface area contributed by atoms with Crippen molar-refractivity contribution in [2.24, 2.45) is 0 Å². The Kier molecular flexibility index (Phi) is 13.0. The van der Waals surface area contributed by atoms with Gasteiger partial charge in [-0.05, 0) is 12.8 Å². The number of rotatable bonds is 12. The van der Waals surface area contributed by atoms with E-state index in [0.29, 0.717) is 0 Å². The Bertz CT molecular complexity index is 109. The second-order valence-electron chi connectivity index (χ2n) is 5.03. The summed E-state index contributed by atoms with van der Waals surface area (Å²) in [5.41, 5.74) is 0. The highest BCUT2D eigenvalue weighted by Gasteiger charge is 2.05. The summed E-state index contributed by atoms with van der Waals surface area (Å²) in [7, 11) is 0. The van der Waals surface area contributed by atoms with E-state index in [2.05, 4.69) is 13.8 Å². The summed E-state index contributed by atoms with van der Waals surface area (Å²) >= 11 is 0. The molecule has 0 unspecified atom stereocenters. The van der Waals surface area contributed by atoms with Crippen molar-refractivity contribution in [3.05, 3.63) is 0 Å². The largest absolute Gasteiger partial charge is 0.233 e. The van der Waals surface area contributed by atoms with Crippen molar-refractivity contribution in [1.82, 2.24) is 0 Å². The van der Waals surface area contributed by atoms with E-state index in [4.69, 9.17) is 0 Å². The molecular formula is C15H31O. The van der Waals surface area contributed by atoms with E-state index in [0.717, 1.165) is 25.7 Å². The van der Waals surface area contributed by atoms with Crippen LogP contribution in [0.15, 0.2) is 0 Å². The van der Waals surface area contributed by atoms with Crippen LogP contribution in [-0.4, -0.2) is 6.10 Å². The molecule has 1 radical (unpaired) electrons. The van der Waals surface area contributed by atoms with Gasteiger partial charge in [-0.3, -0.25) is 0 Å². The van der Waals surface area contributed by atoms with Gasteiger partial charge in [-0.2, -0.15) is 0 Å². The lowest BCUT2D eigenvalue weighted by molar-refractivity contribution is 0.0688. The first kappa shape index (κ1) is 16.0. The number of hydrogen-bond donors (Lipinski definition) is 0. The average Bonchev–Trinajstić information content (AvgIpc) is 2.28. The van der Waals surface area contributed by atoms with Gasteiger partial charge >= 0.3 is 0 Å². The van der Waals surface area contributed by atoms with Crippen molar-refractivity contribution in [3.63, 3.8) is 0 Å². The Morgan fingerprint density at radius 2 is 1.00 bits per heavy atom. The molecule has 0 saturated carbocycles. The van der Waals surface area contributed by atoms with Crippen LogP contribution >= 0.6 is 0 Å². The molecule has 0 spiro atoms. The molecular weight excluding hydrogens is 196 g/mol. The normalized spacial score (nSPS) is 11.2. The maximum Gasteiger partial charge on any atom is 0.0930 e. The highest BCUT2D eigenvalue weighted by Crippen LogP contribution is 2.13. The summed E-state index contributed by atoms with van der Waals surface area (Å²) in [6, 6.07) is 0. The van der Waals surface area contributed by atoms with Crippen LogP contribution in [0.2, 0.25) is 0 Å². The maximum absolute atomic E-state index is 11.6. The molecule has 0 amide bonds. The Labute approximate surface area is 103 Å². The van der Waals surface area contributed by atoms with Gasteiger partial charge in [0.2, 0.25) is 0 Å². The van der Waals surface area contributed by atoms with E-state index in [1.807, 2.05) is 0 Å². The summed E-state index contributed by atoms with van der Waals surface area (Å²) in [4.78, 5) is 0. The van der Waals surface area contributed by atoms with E-state index < -0.39 is 0 Å². The van der Waals surface area contributed by atoms with Gasteiger partial charge in [0, 0.05) is 0 Å². The fourth-order valence-corrected chi connectivity index (χ4v) is 2.10. The Morgan fingerprint density at radius 1 is 0.625 bits per heavy atom. The minimum absolute atomic E-state index is 0.275. The molecule has 0 aromatic heterocycles. The first-order chi connectivity index (χ1) is 7.81. The van der Waals surface area contributed by atoms with Crippen LogP contribution in [0.25, 0.3) is 0 Å². The summed E-state index contributed by atoms with van der Waals surface area (Å²) in [5.74, 6) is 0. The van der Waals surface area contributed by atoms with Crippen LogP contribution in [0.5, 0.6) is 0 Å². The molecule has 0 heterocycles. The molecule has 97 valence electrons. The van der Waals surface area contributed by atoms with Crippen LogP contribution in [-0.2, 0) is 5.11 Å². The van der Waals surface area contributed by atoms with Gasteiger partial charge in [0.1, 0.15) is 0 Å². The smallest absolute Gasteiger partial charge is 0.0930 e. The van der Waals surface area contributed by atoms with Gasteiger partial charge in [-0.25, -0.2) is 5.11 Å². The van der Waals surface area contributed by atoms with Gasteiger partial charge in [-0.1, -0.05) is 78.1 Å². The first-order valence-corrected chi connectivity index (χ1v) is 7.47. The van der Waals surface area contributed by atoms with Gasteiger partial charge in [0.25, 0.3) is 0 Å². The number of hydrogen-bond acceptors (Lipinski definition) is 0. The van der Waals surface area contributed by atoms with E-state index >= 15 is 0 Å². The standard InChI is InChI=1S/C15H31O/c1-3-5-7-9-11-13-15(16)14-12-10-8-6-4-2/h15H,3-14H2,1-2H3. The Balaban J connectivity index is 3.09. The molecule has 0 saturated heterocycles. The van der Waals surface area contributed by atoms with E-state index in [1.165, 1.54) is 51.4 Å². The SMILES string of the molecule is CCCCCCCC([O])CCCCCCC. The minimum Gasteiger partial charge on any atom is -0.233 e. The average molecular weight is 227 g/mol. The molecule has 0 aliphatic carbocycles. The first-order valence-electron chi connectivity index (χ1n) is 7.47. The Hall–Kier alpha value is -0.0400. The van der Waals surface area contributed by atoms with Crippen molar-refractivity contribution in [3.8, 4) is 0 Å². The summed E-state index contributed by atoms with van der Waals surface area (Å²) in [6.45, 7) is 4.46. The second kappa shape index (κ2) is 13.0.